The van der Waals surface area contributed by atoms with Crippen LogP contribution in [0.1, 0.15) is 140 Å². The van der Waals surface area contributed by atoms with Gasteiger partial charge >= 0.3 is 37.9 Å². The zero-order valence-corrected chi connectivity index (χ0v) is 53.6. The van der Waals surface area contributed by atoms with Crippen molar-refractivity contribution < 1.29 is 20.8 Å². The number of allylic oxidation sites excluding steroid dienone is 2. The third-order valence-corrected chi connectivity index (χ3v) is 30.4. The standard InChI is InChI=1S/C26H46Br2Si.C26H30Br2Si.2CH3.2ClH.Zr/c2*1-15(2)19-13-21-17(9-7-11-23(21)27)25(19)29(5,6)26-18-10-8-12-24(28)22(18)14-20(26)16(3)4;;;;;/h15-26H,7-14H2,1-6H3;7-16,25-26H,1-6H3;2*1H3;2*1H;/q;;2*-1;;;+4/p-2. The number of rotatable bonds is 8. The summed E-state index contributed by atoms with van der Waals surface area (Å²) in [5, 5.41) is 0. The quantitative estimate of drug-likeness (QED) is 0.140. The van der Waals surface area contributed by atoms with Crippen molar-refractivity contribution in [2.24, 2.45) is 59.2 Å². The van der Waals surface area contributed by atoms with Crippen LogP contribution in [-0.4, -0.2) is 25.8 Å². The van der Waals surface area contributed by atoms with Crippen LogP contribution in [0, 0.1) is 74.0 Å². The van der Waals surface area contributed by atoms with Gasteiger partial charge < -0.3 is 14.9 Å². The average molecular weight is 1270 g/mol. The predicted octanol–water partition coefficient (Wildman–Crippen LogP) is 20.4. The first-order chi connectivity index (χ1) is 28.7. The molecule has 6 aliphatic rings. The molecule has 6 aliphatic carbocycles. The van der Waals surface area contributed by atoms with E-state index < -0.39 is 37.0 Å². The predicted molar refractivity (Wildman–Crippen MR) is 299 cm³/mol. The summed E-state index contributed by atoms with van der Waals surface area (Å²) in [5.41, 5.74) is 12.3. The fourth-order valence-corrected chi connectivity index (χ4v) is 29.6. The summed E-state index contributed by atoms with van der Waals surface area (Å²) in [6, 6.07) is 13.6. The van der Waals surface area contributed by atoms with Crippen molar-refractivity contribution >= 4 is 109 Å². The molecule has 8 rings (SSSR count). The monoisotopic (exact) mass is 1260 g/mol. The number of halogens is 6. The van der Waals surface area contributed by atoms with Gasteiger partial charge in [-0.05, 0) is 130 Å². The second-order valence-corrected chi connectivity index (χ2v) is 40.1. The van der Waals surface area contributed by atoms with Crippen LogP contribution in [-0.2, 0) is 20.8 Å². The van der Waals surface area contributed by atoms with E-state index in [1.807, 2.05) is 0 Å². The van der Waals surface area contributed by atoms with Crippen LogP contribution in [0.2, 0.25) is 37.3 Å². The van der Waals surface area contributed by atoms with Gasteiger partial charge in [-0.2, -0.15) is 0 Å². The topological polar surface area (TPSA) is 0 Å². The van der Waals surface area contributed by atoms with Gasteiger partial charge in [-0.1, -0.05) is 219 Å². The van der Waals surface area contributed by atoms with Gasteiger partial charge in [0.2, 0.25) is 0 Å². The maximum absolute atomic E-state index is 4.93. The van der Waals surface area contributed by atoms with E-state index in [0.29, 0.717) is 22.9 Å². The van der Waals surface area contributed by atoms with Crippen LogP contribution in [0.5, 0.6) is 0 Å². The second-order valence-electron chi connectivity index (χ2n) is 22.6. The van der Waals surface area contributed by atoms with Crippen LogP contribution in [0.4, 0.5) is 0 Å². The van der Waals surface area contributed by atoms with Gasteiger partial charge in [0.1, 0.15) is 0 Å². The van der Waals surface area contributed by atoms with Gasteiger partial charge in [-0.3, -0.25) is 0 Å². The van der Waals surface area contributed by atoms with Crippen molar-refractivity contribution in [2.45, 2.75) is 165 Å². The normalized spacial score (nSPS) is 31.9. The molecular formula is C54H82Br4Cl2Si2Zr. The summed E-state index contributed by atoms with van der Waals surface area (Å²) < 4.78 is 2.46. The second kappa shape index (κ2) is 23.8. The van der Waals surface area contributed by atoms with Gasteiger partial charge in [-0.25, -0.2) is 0 Å². The Bertz CT molecular complexity index is 1760. The molecule has 0 spiro atoms. The Hall–Kier alpha value is 1.74. The zero-order valence-electron chi connectivity index (χ0n) is 41.3. The van der Waals surface area contributed by atoms with Crippen molar-refractivity contribution in [3.05, 3.63) is 93.6 Å². The summed E-state index contributed by atoms with van der Waals surface area (Å²) in [4.78, 5) is 1.60. The molecule has 0 aromatic heterocycles. The molecular weight excluding hydrogens is 1190 g/mol. The van der Waals surface area contributed by atoms with E-state index in [2.05, 4.69) is 194 Å². The van der Waals surface area contributed by atoms with E-state index >= 15 is 0 Å². The van der Waals surface area contributed by atoms with Gasteiger partial charge in [-0.15, -0.1) is 0 Å². The summed E-state index contributed by atoms with van der Waals surface area (Å²) in [6.45, 7) is 30.7. The van der Waals surface area contributed by atoms with E-state index in [-0.39, 0.29) is 14.9 Å². The van der Waals surface area contributed by atoms with E-state index in [1.165, 1.54) is 82.6 Å². The van der Waals surface area contributed by atoms with Gasteiger partial charge in [0.05, 0.1) is 16.1 Å². The molecule has 0 aliphatic heterocycles. The molecule has 4 saturated carbocycles. The molecule has 0 bridgehead atoms. The molecule has 2 aromatic rings. The Morgan fingerprint density at radius 1 is 0.556 bits per heavy atom. The number of fused-ring (bicyclic) bond motifs is 4. The molecule has 2 aromatic carbocycles. The number of hydrogen-bond acceptors (Lipinski definition) is 0. The van der Waals surface area contributed by atoms with Crippen LogP contribution in [0.25, 0.3) is 12.2 Å². The molecule has 0 radical (unpaired) electrons. The van der Waals surface area contributed by atoms with Crippen molar-refractivity contribution in [3.63, 3.8) is 0 Å². The molecule has 0 saturated heterocycles. The minimum absolute atomic E-state index is 0. The first kappa shape index (κ1) is 57.3. The summed E-state index contributed by atoms with van der Waals surface area (Å²) >= 11 is 15.1. The third-order valence-electron chi connectivity index (χ3n) is 17.3. The Morgan fingerprint density at radius 3 is 1.22 bits per heavy atom. The van der Waals surface area contributed by atoms with Crippen molar-refractivity contribution in [1.29, 1.82) is 0 Å². The first-order valence-corrected chi connectivity index (χ1v) is 40.0. The molecule has 12 unspecified atom stereocenters. The van der Waals surface area contributed by atoms with E-state index in [9.17, 15) is 0 Å². The molecule has 0 N–H and O–H groups in total. The first-order valence-electron chi connectivity index (χ1n) is 23.9. The minimum atomic E-state index is -1.82. The fourth-order valence-electron chi connectivity index (χ4n) is 15.0. The zero-order chi connectivity index (χ0) is 44.9. The van der Waals surface area contributed by atoms with Gasteiger partial charge in [0.25, 0.3) is 0 Å². The SMILES string of the molecule is CC(C)C1=Cc2c(Br)cccc2C1[Si](C)(C)C1C(C(C)C)=Cc2c(Br)cccc21.CC(C)C1CC2C(Br)CCCC2C1[Si](C)(C)C1C(C(C)C)CC2C(Br)CCCC21.[CH3-].[CH3-].[Cl][Zr+2][Cl]. The van der Waals surface area contributed by atoms with Crippen molar-refractivity contribution in [1.82, 2.24) is 0 Å². The van der Waals surface area contributed by atoms with Crippen LogP contribution in [0.3, 0.4) is 0 Å². The molecule has 352 valence electrons. The third kappa shape index (κ3) is 11.4. The number of benzene rings is 2. The van der Waals surface area contributed by atoms with E-state index in [0.717, 1.165) is 68.1 Å². The molecule has 9 heteroatoms. The molecule has 0 amide bonds. The van der Waals surface area contributed by atoms with E-state index in [4.69, 9.17) is 17.0 Å². The van der Waals surface area contributed by atoms with Gasteiger partial charge in [0, 0.05) is 29.7 Å². The number of hydrogen-bond donors (Lipinski definition) is 0. The summed E-state index contributed by atoms with van der Waals surface area (Å²) in [5.74, 6) is 8.80. The van der Waals surface area contributed by atoms with Crippen molar-refractivity contribution in [3.8, 4) is 0 Å². The Labute approximate surface area is 442 Å². The van der Waals surface area contributed by atoms with Gasteiger partial charge in [0.15, 0.2) is 0 Å². The van der Waals surface area contributed by atoms with Crippen molar-refractivity contribution in [2.75, 3.05) is 0 Å². The van der Waals surface area contributed by atoms with Crippen LogP contribution < -0.4 is 0 Å². The molecule has 4 fully saturated rings. The maximum atomic E-state index is 4.93. The Kier molecular flexibility index (Phi) is 21.6. The number of alkyl halides is 2. The van der Waals surface area contributed by atoms with E-state index in [1.54, 1.807) is 11.1 Å². The average Bonchev–Trinajstić information content (AvgIpc) is 3.98. The summed E-state index contributed by atoms with van der Waals surface area (Å²) in [6.07, 6.45) is 16.9. The Balaban J connectivity index is 0.000000253. The summed E-state index contributed by atoms with van der Waals surface area (Å²) in [7, 11) is 6.65. The Morgan fingerprint density at radius 2 is 0.905 bits per heavy atom. The molecule has 0 nitrogen and oxygen atoms in total. The molecule has 0 heterocycles. The van der Waals surface area contributed by atoms with Crippen LogP contribution in [0.15, 0.2) is 56.5 Å². The molecule has 63 heavy (non-hydrogen) atoms. The molecule has 12 atom stereocenters. The fraction of sp³-hybridized carbons (Fsp3) is 0.667. The van der Waals surface area contributed by atoms with Crippen LogP contribution >= 0.6 is 80.7 Å².